The first-order valence-electron chi connectivity index (χ1n) is 5.07. The molecule has 1 N–H and O–H groups in total. The van der Waals surface area contributed by atoms with Crippen LogP contribution in [0.2, 0.25) is 0 Å². The summed E-state index contributed by atoms with van der Waals surface area (Å²) in [6.07, 6.45) is 10.8. The molecule has 0 aliphatic carbocycles. The Morgan fingerprint density at radius 2 is 1.85 bits per heavy atom. The van der Waals surface area contributed by atoms with Gasteiger partial charge in [0.15, 0.2) is 0 Å². The van der Waals surface area contributed by atoms with Gasteiger partial charge in [-0.3, -0.25) is 5.43 Å². The van der Waals surface area contributed by atoms with Crippen LogP contribution < -0.4 is 5.43 Å². The Bertz CT molecular complexity index is 150. The van der Waals surface area contributed by atoms with Gasteiger partial charge in [0.2, 0.25) is 0 Å². The van der Waals surface area contributed by atoms with Crippen molar-refractivity contribution in [1.29, 1.82) is 0 Å². The fourth-order valence-corrected chi connectivity index (χ4v) is 1.01. The van der Waals surface area contributed by atoms with Crippen LogP contribution in [0.15, 0.2) is 24.3 Å². The summed E-state index contributed by atoms with van der Waals surface area (Å²) in [6, 6.07) is 0. The van der Waals surface area contributed by atoms with Gasteiger partial charge in [0.05, 0.1) is 0 Å². The Morgan fingerprint density at radius 3 is 2.46 bits per heavy atom. The highest BCUT2D eigenvalue weighted by Crippen LogP contribution is 1.88. The lowest BCUT2D eigenvalue weighted by Crippen LogP contribution is -2.34. The number of allylic oxidation sites excluding steroid dienone is 3. The third-order valence-corrected chi connectivity index (χ3v) is 1.68. The minimum atomic E-state index is 0.996. The second-order valence-corrected chi connectivity index (χ2v) is 2.99. The van der Waals surface area contributed by atoms with Gasteiger partial charge in [0.1, 0.15) is 0 Å². The van der Waals surface area contributed by atoms with Crippen molar-refractivity contribution in [2.24, 2.45) is 0 Å². The van der Waals surface area contributed by atoms with Crippen molar-refractivity contribution >= 4 is 0 Å². The summed E-state index contributed by atoms with van der Waals surface area (Å²) in [5.41, 5.74) is 3.23. The first-order valence-corrected chi connectivity index (χ1v) is 5.07. The maximum atomic E-state index is 3.23. The second kappa shape index (κ2) is 9.49. The van der Waals surface area contributed by atoms with E-state index < -0.39 is 0 Å². The summed E-state index contributed by atoms with van der Waals surface area (Å²) >= 11 is 0. The standard InChI is InChI=1S/C11H22N2/c1-4-6-7-8-9-10-11-13(3)12-5-2/h6-9,12H,4-5,10-11H2,1-3H3/b7-6+,9-8+. The second-order valence-electron chi connectivity index (χ2n) is 2.99. The first-order chi connectivity index (χ1) is 6.31. The van der Waals surface area contributed by atoms with Crippen LogP contribution in [-0.2, 0) is 0 Å². The van der Waals surface area contributed by atoms with Gasteiger partial charge in [0.25, 0.3) is 0 Å². The Balaban J connectivity index is 3.33. The van der Waals surface area contributed by atoms with E-state index in [1.165, 1.54) is 0 Å². The minimum absolute atomic E-state index is 0.996. The van der Waals surface area contributed by atoms with Crippen molar-refractivity contribution in [2.75, 3.05) is 20.1 Å². The van der Waals surface area contributed by atoms with E-state index in [0.717, 1.165) is 25.9 Å². The molecule has 2 heteroatoms. The molecule has 0 aliphatic rings. The van der Waals surface area contributed by atoms with Gasteiger partial charge < -0.3 is 0 Å². The molecule has 0 saturated heterocycles. The SMILES string of the molecule is CC/C=C/C=C/CCN(C)NCC. The number of hydrogen-bond donors (Lipinski definition) is 1. The lowest BCUT2D eigenvalue weighted by Gasteiger charge is -2.14. The van der Waals surface area contributed by atoms with Crippen molar-refractivity contribution in [3.8, 4) is 0 Å². The van der Waals surface area contributed by atoms with E-state index in [1.807, 2.05) is 0 Å². The maximum Gasteiger partial charge on any atom is 0.0162 e. The number of rotatable bonds is 7. The van der Waals surface area contributed by atoms with Gasteiger partial charge in [0, 0.05) is 20.1 Å². The van der Waals surface area contributed by atoms with E-state index in [1.54, 1.807) is 0 Å². The Morgan fingerprint density at radius 1 is 1.15 bits per heavy atom. The van der Waals surface area contributed by atoms with E-state index >= 15 is 0 Å². The highest BCUT2D eigenvalue weighted by Gasteiger charge is 1.90. The Hall–Kier alpha value is -0.600. The third-order valence-electron chi connectivity index (χ3n) is 1.68. The molecule has 13 heavy (non-hydrogen) atoms. The molecule has 0 saturated carbocycles. The molecular formula is C11H22N2. The van der Waals surface area contributed by atoms with E-state index in [4.69, 9.17) is 0 Å². The molecule has 0 aromatic rings. The predicted molar refractivity (Wildman–Crippen MR) is 59.5 cm³/mol. The molecule has 0 radical (unpaired) electrons. The van der Waals surface area contributed by atoms with Crippen LogP contribution in [0.1, 0.15) is 26.7 Å². The molecule has 0 atom stereocenters. The molecule has 0 bridgehead atoms. The predicted octanol–water partition coefficient (Wildman–Crippen LogP) is 2.36. The molecule has 0 aromatic carbocycles. The van der Waals surface area contributed by atoms with E-state index in [-0.39, 0.29) is 0 Å². The largest absolute Gasteiger partial charge is 0.256 e. The van der Waals surface area contributed by atoms with Crippen LogP contribution in [0.3, 0.4) is 0 Å². The molecule has 76 valence electrons. The average Bonchev–Trinajstić information content (AvgIpc) is 2.11. The molecule has 0 heterocycles. The minimum Gasteiger partial charge on any atom is -0.256 e. The molecular weight excluding hydrogens is 160 g/mol. The van der Waals surface area contributed by atoms with E-state index in [2.05, 4.69) is 55.6 Å². The normalized spacial score (nSPS) is 12.3. The summed E-state index contributed by atoms with van der Waals surface area (Å²) in [7, 11) is 2.07. The van der Waals surface area contributed by atoms with Crippen LogP contribution in [0.25, 0.3) is 0 Å². The molecule has 0 fully saturated rings. The van der Waals surface area contributed by atoms with Crippen molar-refractivity contribution in [3.05, 3.63) is 24.3 Å². The smallest absolute Gasteiger partial charge is 0.0162 e. The lowest BCUT2D eigenvalue weighted by molar-refractivity contribution is 0.246. The van der Waals surface area contributed by atoms with Crippen LogP contribution >= 0.6 is 0 Å². The van der Waals surface area contributed by atoms with Gasteiger partial charge in [-0.15, -0.1) is 0 Å². The quantitative estimate of drug-likeness (QED) is 0.480. The molecule has 0 aromatic heterocycles. The van der Waals surface area contributed by atoms with E-state index in [9.17, 15) is 0 Å². The summed E-state index contributed by atoms with van der Waals surface area (Å²) in [5, 5.41) is 2.12. The monoisotopic (exact) mass is 182 g/mol. The molecule has 0 rings (SSSR count). The summed E-state index contributed by atoms with van der Waals surface area (Å²) in [5.74, 6) is 0. The zero-order chi connectivity index (χ0) is 9.94. The zero-order valence-corrected chi connectivity index (χ0v) is 9.09. The van der Waals surface area contributed by atoms with Crippen LogP contribution in [0.4, 0.5) is 0 Å². The molecule has 0 spiro atoms. The van der Waals surface area contributed by atoms with E-state index in [0.29, 0.717) is 0 Å². The van der Waals surface area contributed by atoms with Crippen molar-refractivity contribution in [3.63, 3.8) is 0 Å². The van der Waals surface area contributed by atoms with Gasteiger partial charge >= 0.3 is 0 Å². The fourth-order valence-electron chi connectivity index (χ4n) is 1.01. The number of hydrogen-bond acceptors (Lipinski definition) is 2. The number of hydrazine groups is 1. The summed E-state index contributed by atoms with van der Waals surface area (Å²) in [4.78, 5) is 0. The molecule has 0 unspecified atom stereocenters. The number of nitrogens with zero attached hydrogens (tertiary/aromatic N) is 1. The summed E-state index contributed by atoms with van der Waals surface area (Å²) < 4.78 is 0. The highest BCUT2D eigenvalue weighted by molar-refractivity contribution is 5.01. The van der Waals surface area contributed by atoms with Crippen LogP contribution in [-0.4, -0.2) is 25.1 Å². The molecule has 2 nitrogen and oxygen atoms in total. The first kappa shape index (κ1) is 12.4. The maximum absolute atomic E-state index is 3.23. The summed E-state index contributed by atoms with van der Waals surface area (Å²) in [6.45, 7) is 6.31. The Kier molecular flexibility index (Phi) is 9.05. The highest BCUT2D eigenvalue weighted by atomic mass is 15.5. The van der Waals surface area contributed by atoms with Crippen LogP contribution in [0, 0.1) is 0 Å². The van der Waals surface area contributed by atoms with Gasteiger partial charge in [-0.2, -0.15) is 0 Å². The van der Waals surface area contributed by atoms with Crippen molar-refractivity contribution in [2.45, 2.75) is 26.7 Å². The van der Waals surface area contributed by atoms with Gasteiger partial charge in [-0.05, 0) is 12.8 Å². The topological polar surface area (TPSA) is 15.3 Å². The van der Waals surface area contributed by atoms with Crippen LogP contribution in [0.5, 0.6) is 0 Å². The Labute approximate surface area is 82.3 Å². The average molecular weight is 182 g/mol. The zero-order valence-electron chi connectivity index (χ0n) is 9.09. The van der Waals surface area contributed by atoms with Crippen molar-refractivity contribution in [1.82, 2.24) is 10.4 Å². The van der Waals surface area contributed by atoms with Gasteiger partial charge in [-0.1, -0.05) is 38.2 Å². The lowest BCUT2D eigenvalue weighted by atomic mass is 10.3. The third kappa shape index (κ3) is 9.31. The van der Waals surface area contributed by atoms with Gasteiger partial charge in [-0.25, -0.2) is 5.01 Å². The molecule has 0 amide bonds. The fraction of sp³-hybridized carbons (Fsp3) is 0.636. The molecule has 0 aliphatic heterocycles. The van der Waals surface area contributed by atoms with Crippen molar-refractivity contribution < 1.29 is 0 Å². The number of nitrogens with one attached hydrogen (secondary N) is 1.